The van der Waals surface area contributed by atoms with Gasteiger partial charge in [-0.1, -0.05) is 12.1 Å². The molecule has 0 aliphatic heterocycles. The van der Waals surface area contributed by atoms with Gasteiger partial charge < -0.3 is 15.7 Å². The first-order chi connectivity index (χ1) is 10.3. The highest BCUT2D eigenvalue weighted by Crippen LogP contribution is 2.16. The standard InChI is InChI=1S/C15H17N3O4/c1-9(8-16)7-13(15(21)22)18-14(20)11-5-3-4-6-12(11)17-10(2)19/h3-6,9,13H,7H2,1-2H3,(H,17,19)(H,18,20)(H,21,22)/t9-,13+/m1/s1. The van der Waals surface area contributed by atoms with E-state index in [0.29, 0.717) is 5.69 Å². The van der Waals surface area contributed by atoms with Crippen LogP contribution in [0.2, 0.25) is 0 Å². The van der Waals surface area contributed by atoms with E-state index in [1.54, 1.807) is 25.1 Å². The third-order valence-corrected chi connectivity index (χ3v) is 2.90. The van der Waals surface area contributed by atoms with Crippen molar-refractivity contribution in [3.05, 3.63) is 29.8 Å². The summed E-state index contributed by atoms with van der Waals surface area (Å²) in [5.74, 6) is -2.69. The number of carboxylic acids is 1. The molecule has 0 saturated heterocycles. The number of nitriles is 1. The second-order valence-electron chi connectivity index (χ2n) is 4.86. The lowest BCUT2D eigenvalue weighted by molar-refractivity contribution is -0.139. The molecule has 0 aliphatic rings. The van der Waals surface area contributed by atoms with E-state index >= 15 is 0 Å². The fourth-order valence-electron chi connectivity index (χ4n) is 1.84. The molecule has 1 aromatic carbocycles. The van der Waals surface area contributed by atoms with Crippen LogP contribution in [-0.4, -0.2) is 28.9 Å². The molecule has 2 amide bonds. The van der Waals surface area contributed by atoms with Crippen LogP contribution in [0.1, 0.15) is 30.6 Å². The monoisotopic (exact) mass is 303 g/mol. The van der Waals surface area contributed by atoms with Gasteiger partial charge >= 0.3 is 5.97 Å². The summed E-state index contributed by atoms with van der Waals surface area (Å²) in [7, 11) is 0. The Morgan fingerprint density at radius 2 is 1.95 bits per heavy atom. The number of rotatable bonds is 6. The number of hydrogen-bond acceptors (Lipinski definition) is 4. The van der Waals surface area contributed by atoms with Crippen LogP contribution in [0.25, 0.3) is 0 Å². The number of anilines is 1. The Hall–Kier alpha value is -2.88. The van der Waals surface area contributed by atoms with Crippen molar-refractivity contribution in [3.63, 3.8) is 0 Å². The SMILES string of the molecule is CC(=O)Nc1ccccc1C(=O)N[C@@H](C[C@@H](C)C#N)C(=O)O. The lowest BCUT2D eigenvalue weighted by atomic mass is 10.0. The fraction of sp³-hybridized carbons (Fsp3) is 0.333. The molecule has 0 radical (unpaired) electrons. The Bertz CT molecular complexity index is 621. The van der Waals surface area contributed by atoms with Gasteiger partial charge in [-0.3, -0.25) is 9.59 Å². The second-order valence-corrected chi connectivity index (χ2v) is 4.86. The first-order valence-corrected chi connectivity index (χ1v) is 6.65. The fourth-order valence-corrected chi connectivity index (χ4v) is 1.84. The highest BCUT2D eigenvalue weighted by molar-refractivity contribution is 6.04. The molecular formula is C15H17N3O4. The zero-order chi connectivity index (χ0) is 16.7. The summed E-state index contributed by atoms with van der Waals surface area (Å²) in [5.41, 5.74) is 0.457. The molecule has 0 aromatic heterocycles. The van der Waals surface area contributed by atoms with E-state index in [9.17, 15) is 14.4 Å². The number of carbonyl (C=O) groups excluding carboxylic acids is 2. The maximum absolute atomic E-state index is 12.2. The highest BCUT2D eigenvalue weighted by Gasteiger charge is 2.24. The quantitative estimate of drug-likeness (QED) is 0.733. The molecule has 22 heavy (non-hydrogen) atoms. The first-order valence-electron chi connectivity index (χ1n) is 6.65. The van der Waals surface area contributed by atoms with Crippen molar-refractivity contribution in [3.8, 4) is 6.07 Å². The Morgan fingerprint density at radius 3 is 2.50 bits per heavy atom. The van der Waals surface area contributed by atoms with Crippen LogP contribution >= 0.6 is 0 Å². The summed E-state index contributed by atoms with van der Waals surface area (Å²) >= 11 is 0. The van der Waals surface area contributed by atoms with Gasteiger partial charge in [0.05, 0.1) is 17.3 Å². The number of para-hydroxylation sites is 1. The number of carbonyl (C=O) groups is 3. The van der Waals surface area contributed by atoms with Crippen LogP contribution in [0, 0.1) is 17.2 Å². The van der Waals surface area contributed by atoms with Gasteiger partial charge in [-0.25, -0.2) is 4.79 Å². The molecule has 0 bridgehead atoms. The molecule has 0 saturated carbocycles. The Morgan fingerprint density at radius 1 is 1.32 bits per heavy atom. The van der Waals surface area contributed by atoms with E-state index in [1.807, 2.05) is 6.07 Å². The Labute approximate surface area is 127 Å². The minimum atomic E-state index is -1.22. The van der Waals surface area contributed by atoms with E-state index < -0.39 is 23.8 Å². The van der Waals surface area contributed by atoms with Crippen molar-refractivity contribution < 1.29 is 19.5 Å². The van der Waals surface area contributed by atoms with E-state index in [4.69, 9.17) is 10.4 Å². The molecule has 0 heterocycles. The third kappa shape index (κ3) is 4.90. The van der Waals surface area contributed by atoms with Crippen LogP contribution in [-0.2, 0) is 9.59 Å². The molecule has 116 valence electrons. The van der Waals surface area contributed by atoms with Crippen molar-refractivity contribution >= 4 is 23.5 Å². The van der Waals surface area contributed by atoms with Crippen molar-refractivity contribution in [2.45, 2.75) is 26.3 Å². The molecular weight excluding hydrogens is 286 g/mol. The summed E-state index contributed by atoms with van der Waals surface area (Å²) in [5, 5.41) is 22.8. The van der Waals surface area contributed by atoms with Gasteiger partial charge in [-0.2, -0.15) is 5.26 Å². The topological polar surface area (TPSA) is 119 Å². The summed E-state index contributed by atoms with van der Waals surface area (Å²) in [6.45, 7) is 2.89. The summed E-state index contributed by atoms with van der Waals surface area (Å²) < 4.78 is 0. The normalized spacial score (nSPS) is 12.6. The molecule has 1 rings (SSSR count). The minimum absolute atomic E-state index is 0.000122. The van der Waals surface area contributed by atoms with E-state index in [0.717, 1.165) is 0 Å². The van der Waals surface area contributed by atoms with Gasteiger partial charge in [0.1, 0.15) is 6.04 Å². The van der Waals surface area contributed by atoms with Crippen LogP contribution in [0.5, 0.6) is 0 Å². The zero-order valence-corrected chi connectivity index (χ0v) is 12.3. The predicted molar refractivity (Wildman–Crippen MR) is 79.0 cm³/mol. The highest BCUT2D eigenvalue weighted by atomic mass is 16.4. The smallest absolute Gasteiger partial charge is 0.326 e. The number of nitrogens with zero attached hydrogens (tertiary/aromatic N) is 1. The third-order valence-electron chi connectivity index (χ3n) is 2.90. The zero-order valence-electron chi connectivity index (χ0n) is 12.3. The van der Waals surface area contributed by atoms with Gasteiger partial charge in [-0.05, 0) is 25.5 Å². The maximum atomic E-state index is 12.2. The summed E-state index contributed by atoms with van der Waals surface area (Å²) in [6.07, 6.45) is -0.000122. The van der Waals surface area contributed by atoms with E-state index in [-0.39, 0.29) is 17.9 Å². The van der Waals surface area contributed by atoms with Crippen molar-refractivity contribution in [1.29, 1.82) is 5.26 Å². The molecule has 3 N–H and O–H groups in total. The van der Waals surface area contributed by atoms with Gasteiger partial charge in [0.25, 0.3) is 5.91 Å². The number of benzene rings is 1. The van der Waals surface area contributed by atoms with Crippen LogP contribution in [0.3, 0.4) is 0 Å². The van der Waals surface area contributed by atoms with Crippen LogP contribution < -0.4 is 10.6 Å². The summed E-state index contributed by atoms with van der Waals surface area (Å²) in [6, 6.07) is 7.03. The first kappa shape index (κ1) is 17.2. The lowest BCUT2D eigenvalue weighted by Crippen LogP contribution is -2.42. The molecule has 2 atom stereocenters. The second kappa shape index (κ2) is 7.78. The number of hydrogen-bond donors (Lipinski definition) is 3. The van der Waals surface area contributed by atoms with Gasteiger partial charge in [-0.15, -0.1) is 0 Å². The number of carboxylic acid groups (broad SMARTS) is 1. The summed E-state index contributed by atoms with van der Waals surface area (Å²) in [4.78, 5) is 34.5. The molecule has 0 spiro atoms. The minimum Gasteiger partial charge on any atom is -0.480 e. The van der Waals surface area contributed by atoms with E-state index in [1.165, 1.54) is 13.0 Å². The molecule has 0 unspecified atom stereocenters. The Balaban J connectivity index is 2.93. The van der Waals surface area contributed by atoms with Crippen molar-refractivity contribution in [2.24, 2.45) is 5.92 Å². The van der Waals surface area contributed by atoms with Crippen molar-refractivity contribution in [2.75, 3.05) is 5.32 Å². The Kier molecular flexibility index (Phi) is 6.08. The molecule has 1 aromatic rings. The van der Waals surface area contributed by atoms with Crippen molar-refractivity contribution in [1.82, 2.24) is 5.32 Å². The maximum Gasteiger partial charge on any atom is 0.326 e. The van der Waals surface area contributed by atoms with Gasteiger partial charge in [0.15, 0.2) is 0 Å². The molecule has 0 aliphatic carbocycles. The largest absolute Gasteiger partial charge is 0.480 e. The average Bonchev–Trinajstić information content (AvgIpc) is 2.46. The number of nitrogens with one attached hydrogen (secondary N) is 2. The average molecular weight is 303 g/mol. The van der Waals surface area contributed by atoms with Gasteiger partial charge in [0, 0.05) is 12.8 Å². The molecule has 7 heteroatoms. The lowest BCUT2D eigenvalue weighted by Gasteiger charge is -2.17. The van der Waals surface area contributed by atoms with Gasteiger partial charge in [0.2, 0.25) is 5.91 Å². The van der Waals surface area contributed by atoms with E-state index in [2.05, 4.69) is 10.6 Å². The predicted octanol–water partition coefficient (Wildman–Crippen LogP) is 1.38. The van der Waals surface area contributed by atoms with Crippen LogP contribution in [0.4, 0.5) is 5.69 Å². The number of aliphatic carboxylic acids is 1. The van der Waals surface area contributed by atoms with Crippen LogP contribution in [0.15, 0.2) is 24.3 Å². The number of amides is 2. The molecule has 0 fully saturated rings. The molecule has 7 nitrogen and oxygen atoms in total.